The van der Waals surface area contributed by atoms with Crippen LogP contribution in [0.2, 0.25) is 0 Å². The molecule has 4 unspecified atom stereocenters. The maximum atomic E-state index is 12.5. The van der Waals surface area contributed by atoms with Gasteiger partial charge in [-0.25, -0.2) is 13.1 Å². The van der Waals surface area contributed by atoms with Crippen LogP contribution in [-0.4, -0.2) is 14.5 Å². The van der Waals surface area contributed by atoms with E-state index < -0.39 is 10.0 Å². The van der Waals surface area contributed by atoms with Gasteiger partial charge in [-0.05, 0) is 59.9 Å². The van der Waals surface area contributed by atoms with Crippen molar-refractivity contribution in [1.82, 2.24) is 4.72 Å². The van der Waals surface area contributed by atoms with E-state index in [1.807, 2.05) is 6.92 Å². The Hall–Kier alpha value is -0.370. The van der Waals surface area contributed by atoms with E-state index in [2.05, 4.69) is 20.7 Å². The molecule has 1 aromatic rings. The fourth-order valence-electron chi connectivity index (χ4n) is 3.98. The van der Waals surface area contributed by atoms with Gasteiger partial charge >= 0.3 is 0 Å². The number of halogens is 1. The minimum atomic E-state index is -3.58. The number of hydrogen-bond acceptors (Lipinski definition) is 4. The Morgan fingerprint density at radius 3 is 2.76 bits per heavy atom. The van der Waals surface area contributed by atoms with Crippen LogP contribution in [0.4, 0.5) is 0 Å². The van der Waals surface area contributed by atoms with Crippen molar-refractivity contribution in [1.29, 1.82) is 0 Å². The second kappa shape index (κ2) is 5.68. The van der Waals surface area contributed by atoms with E-state index in [4.69, 9.17) is 10.2 Å². The van der Waals surface area contributed by atoms with Gasteiger partial charge in [0.15, 0.2) is 4.67 Å². The van der Waals surface area contributed by atoms with Gasteiger partial charge < -0.3 is 10.2 Å². The summed E-state index contributed by atoms with van der Waals surface area (Å²) in [5.74, 6) is 2.39. The van der Waals surface area contributed by atoms with E-state index >= 15 is 0 Å². The molecule has 1 aromatic heterocycles. The molecule has 118 valence electrons. The average molecular weight is 377 g/mol. The second-order valence-corrected chi connectivity index (χ2v) is 8.71. The second-order valence-electron chi connectivity index (χ2n) is 6.30. The van der Waals surface area contributed by atoms with Crippen LogP contribution in [0.3, 0.4) is 0 Å². The molecule has 5 nitrogen and oxygen atoms in total. The Bertz CT molecular complexity index is 628. The van der Waals surface area contributed by atoms with Gasteiger partial charge in [0.05, 0.1) is 6.54 Å². The normalized spacial score (nSPS) is 30.0. The van der Waals surface area contributed by atoms with Crippen LogP contribution in [0.1, 0.15) is 38.4 Å². The summed E-state index contributed by atoms with van der Waals surface area (Å²) in [5, 5.41) is 0. The van der Waals surface area contributed by atoms with Crippen LogP contribution in [-0.2, 0) is 16.6 Å². The maximum Gasteiger partial charge on any atom is 0.245 e. The average Bonchev–Trinajstić information content (AvgIpc) is 3.12. The number of hydrogen-bond donors (Lipinski definition) is 2. The molecule has 3 N–H and O–H groups in total. The molecule has 0 saturated heterocycles. The molecule has 21 heavy (non-hydrogen) atoms. The van der Waals surface area contributed by atoms with Crippen molar-refractivity contribution in [2.45, 2.75) is 50.1 Å². The smallest absolute Gasteiger partial charge is 0.245 e. The zero-order valence-corrected chi connectivity index (χ0v) is 14.4. The van der Waals surface area contributed by atoms with Crippen molar-refractivity contribution in [2.75, 3.05) is 0 Å². The predicted octanol–water partition coefficient (Wildman–Crippen LogP) is 2.60. The van der Waals surface area contributed by atoms with Gasteiger partial charge in [0.25, 0.3) is 0 Å². The zero-order valence-electron chi connectivity index (χ0n) is 12.0. The third-order valence-electron chi connectivity index (χ3n) is 4.97. The van der Waals surface area contributed by atoms with E-state index in [-0.39, 0.29) is 22.2 Å². The number of nitrogens with one attached hydrogen (secondary N) is 1. The van der Waals surface area contributed by atoms with E-state index in [1.54, 1.807) is 0 Å². The fourth-order valence-corrected chi connectivity index (χ4v) is 6.28. The summed E-state index contributed by atoms with van der Waals surface area (Å²) < 4.78 is 33.3. The predicted molar refractivity (Wildman–Crippen MR) is 83.0 cm³/mol. The van der Waals surface area contributed by atoms with Crippen LogP contribution in [0, 0.1) is 17.8 Å². The van der Waals surface area contributed by atoms with Crippen molar-refractivity contribution in [3.63, 3.8) is 0 Å². The number of nitrogens with two attached hydrogens (primary N) is 1. The lowest BCUT2D eigenvalue weighted by atomic mass is 9.84. The van der Waals surface area contributed by atoms with Crippen LogP contribution >= 0.6 is 15.9 Å². The van der Waals surface area contributed by atoms with Crippen molar-refractivity contribution in [2.24, 2.45) is 23.5 Å². The highest BCUT2D eigenvalue weighted by Crippen LogP contribution is 2.49. The van der Waals surface area contributed by atoms with E-state index in [0.29, 0.717) is 17.6 Å². The molecule has 0 spiro atoms. The van der Waals surface area contributed by atoms with E-state index in [1.165, 1.54) is 25.3 Å². The van der Waals surface area contributed by atoms with Gasteiger partial charge in [0, 0.05) is 12.1 Å². The number of fused-ring (bicyclic) bond motifs is 2. The van der Waals surface area contributed by atoms with Crippen molar-refractivity contribution in [3.05, 3.63) is 16.5 Å². The van der Waals surface area contributed by atoms with Crippen LogP contribution < -0.4 is 10.5 Å². The first kappa shape index (κ1) is 15.5. The topological polar surface area (TPSA) is 85.3 Å². The van der Waals surface area contributed by atoms with Crippen molar-refractivity contribution >= 4 is 26.0 Å². The molecular weight excluding hydrogens is 356 g/mol. The lowest BCUT2D eigenvalue weighted by molar-refractivity contribution is 0.280. The zero-order chi connectivity index (χ0) is 15.2. The quantitative estimate of drug-likeness (QED) is 0.826. The summed E-state index contributed by atoms with van der Waals surface area (Å²) in [6, 6.07) is 1.44. The molecule has 2 aliphatic rings. The third kappa shape index (κ3) is 2.93. The summed E-state index contributed by atoms with van der Waals surface area (Å²) in [5.41, 5.74) is 5.49. The first-order valence-corrected chi connectivity index (χ1v) is 9.69. The summed E-state index contributed by atoms with van der Waals surface area (Å²) in [4.78, 5) is 0.137. The summed E-state index contributed by atoms with van der Waals surface area (Å²) >= 11 is 3.16. The Labute approximate surface area is 133 Å². The summed E-state index contributed by atoms with van der Waals surface area (Å²) in [7, 11) is -3.58. The first-order chi connectivity index (χ1) is 9.90. The van der Waals surface area contributed by atoms with E-state index in [9.17, 15) is 8.42 Å². The van der Waals surface area contributed by atoms with Crippen molar-refractivity contribution in [3.8, 4) is 0 Å². The molecule has 0 radical (unpaired) electrons. The molecule has 3 rings (SSSR count). The maximum absolute atomic E-state index is 12.5. The minimum absolute atomic E-state index is 0.0478. The van der Waals surface area contributed by atoms with Crippen molar-refractivity contribution < 1.29 is 12.8 Å². The van der Waals surface area contributed by atoms with Gasteiger partial charge in [0.1, 0.15) is 10.7 Å². The largest absolute Gasteiger partial charge is 0.452 e. The first-order valence-electron chi connectivity index (χ1n) is 7.41. The number of furan rings is 1. The molecule has 2 fully saturated rings. The molecule has 0 aliphatic heterocycles. The Morgan fingerprint density at radius 2 is 2.24 bits per heavy atom. The summed E-state index contributed by atoms with van der Waals surface area (Å²) in [6.07, 6.45) is 4.97. The lowest BCUT2D eigenvalue weighted by Gasteiger charge is -2.28. The van der Waals surface area contributed by atoms with Crippen LogP contribution in [0.5, 0.6) is 0 Å². The summed E-state index contributed by atoms with van der Waals surface area (Å²) in [6.45, 7) is 2.15. The Kier molecular flexibility index (Phi) is 4.20. The molecule has 1 heterocycles. The van der Waals surface area contributed by atoms with Gasteiger partial charge in [-0.15, -0.1) is 0 Å². The van der Waals surface area contributed by atoms with Crippen LogP contribution in [0.25, 0.3) is 0 Å². The molecule has 0 aromatic carbocycles. The fraction of sp³-hybridized carbons (Fsp3) is 0.714. The number of sulfonamides is 1. The molecule has 2 bridgehead atoms. The van der Waals surface area contributed by atoms with Crippen LogP contribution in [0.15, 0.2) is 20.0 Å². The highest BCUT2D eigenvalue weighted by atomic mass is 79.9. The molecule has 2 saturated carbocycles. The third-order valence-corrected chi connectivity index (χ3v) is 7.39. The van der Waals surface area contributed by atoms with Gasteiger partial charge in [-0.1, -0.05) is 6.42 Å². The minimum Gasteiger partial charge on any atom is -0.452 e. The monoisotopic (exact) mass is 376 g/mol. The molecule has 0 amide bonds. The lowest BCUT2D eigenvalue weighted by Crippen LogP contribution is -2.40. The standard InChI is InChI=1S/C14H21BrN2O3S/c1-8(12-5-9-2-3-10(12)4-9)17-21(18,19)13-6-11(7-16)20-14(13)15/h6,8-10,12,17H,2-5,7,16H2,1H3. The Balaban J connectivity index is 1.75. The van der Waals surface area contributed by atoms with Gasteiger partial charge in [-0.3, -0.25) is 0 Å². The van der Waals surface area contributed by atoms with Gasteiger partial charge in [0.2, 0.25) is 10.0 Å². The molecular formula is C14H21BrN2O3S. The highest BCUT2D eigenvalue weighted by Gasteiger charge is 2.42. The van der Waals surface area contributed by atoms with Gasteiger partial charge in [-0.2, -0.15) is 0 Å². The SMILES string of the molecule is CC(NS(=O)(=O)c1cc(CN)oc1Br)C1CC2CCC1C2. The number of rotatable bonds is 5. The molecule has 7 heteroatoms. The van der Waals surface area contributed by atoms with E-state index in [0.717, 1.165) is 12.3 Å². The molecule has 2 aliphatic carbocycles. The highest BCUT2D eigenvalue weighted by molar-refractivity contribution is 9.10. The Morgan fingerprint density at radius 1 is 1.48 bits per heavy atom. The molecule has 4 atom stereocenters.